The minimum absolute atomic E-state index is 1.23. The Morgan fingerprint density at radius 2 is 1.62 bits per heavy atom. The van der Waals surface area contributed by atoms with Crippen LogP contribution in [0.15, 0.2) is 42.5 Å². The molecule has 0 radical (unpaired) electrons. The molecule has 0 fully saturated rings. The predicted molar refractivity (Wildman–Crippen MR) is 106 cm³/mol. The first-order chi connectivity index (χ1) is 11.7. The van der Waals surface area contributed by atoms with Gasteiger partial charge in [-0.05, 0) is 0 Å². The van der Waals surface area contributed by atoms with Crippen molar-refractivity contribution in [2.75, 3.05) is 0 Å². The number of hydrogen-bond acceptors (Lipinski definition) is 0. The summed E-state index contributed by atoms with van der Waals surface area (Å²) in [5, 5.41) is 0. The predicted octanol–water partition coefficient (Wildman–Crippen LogP) is 7.41. The van der Waals surface area contributed by atoms with Crippen molar-refractivity contribution in [3.8, 4) is 0 Å². The summed E-state index contributed by atoms with van der Waals surface area (Å²) in [6, 6.07) is 0. The Kier molecular flexibility index (Phi) is 9.47. The summed E-state index contributed by atoms with van der Waals surface area (Å²) in [7, 11) is 0. The summed E-state index contributed by atoms with van der Waals surface area (Å²) in [5.74, 6) is 0. The van der Waals surface area contributed by atoms with Crippen LogP contribution in [0.3, 0.4) is 0 Å². The van der Waals surface area contributed by atoms with Crippen molar-refractivity contribution in [2.45, 2.75) is 91.4 Å². The molecule has 0 saturated heterocycles. The molecular weight excluding hydrogens is 367 g/mol. The molecule has 0 atom stereocenters. The van der Waals surface area contributed by atoms with Crippen molar-refractivity contribution >= 4 is 3.21 Å². The third kappa shape index (κ3) is 6.55. The van der Waals surface area contributed by atoms with Gasteiger partial charge in [0, 0.05) is 0 Å². The molecular formula is C23H36Zr. The molecule has 2 rings (SSSR count). The van der Waals surface area contributed by atoms with Crippen LogP contribution in [0.5, 0.6) is 0 Å². The van der Waals surface area contributed by atoms with Crippen LogP contribution < -0.4 is 0 Å². The van der Waals surface area contributed by atoms with Crippen LogP contribution in [0.1, 0.15) is 91.4 Å². The van der Waals surface area contributed by atoms with Gasteiger partial charge in [0.05, 0.1) is 0 Å². The van der Waals surface area contributed by atoms with E-state index in [1.807, 2.05) is 3.28 Å². The molecule has 0 aliphatic heterocycles. The van der Waals surface area contributed by atoms with E-state index >= 15 is 0 Å². The van der Waals surface area contributed by atoms with Gasteiger partial charge in [0.1, 0.15) is 0 Å². The average molecular weight is 404 g/mol. The van der Waals surface area contributed by atoms with Crippen molar-refractivity contribution in [2.24, 2.45) is 0 Å². The van der Waals surface area contributed by atoms with Gasteiger partial charge in [0.15, 0.2) is 0 Å². The van der Waals surface area contributed by atoms with E-state index < -0.39 is 21.3 Å². The van der Waals surface area contributed by atoms with Crippen LogP contribution in [-0.4, -0.2) is 3.21 Å². The van der Waals surface area contributed by atoms with Gasteiger partial charge in [-0.15, -0.1) is 0 Å². The van der Waals surface area contributed by atoms with Crippen LogP contribution in [-0.2, 0) is 21.3 Å². The van der Waals surface area contributed by atoms with Crippen LogP contribution >= 0.6 is 0 Å². The third-order valence-electron chi connectivity index (χ3n) is 5.18. The maximum absolute atomic E-state index is 2.60. The monoisotopic (exact) mass is 402 g/mol. The SMILES string of the molecule is CCCCCCCCCCC1=CC[C]([Zr]([C]2=CC=CC2)=[C](C)C)=C1. The van der Waals surface area contributed by atoms with Gasteiger partial charge >= 0.3 is 151 Å². The molecule has 0 amide bonds. The molecule has 0 unspecified atom stereocenters. The van der Waals surface area contributed by atoms with E-state index in [2.05, 4.69) is 51.2 Å². The van der Waals surface area contributed by atoms with Gasteiger partial charge in [0.25, 0.3) is 0 Å². The second-order valence-electron chi connectivity index (χ2n) is 7.58. The van der Waals surface area contributed by atoms with Gasteiger partial charge in [-0.3, -0.25) is 0 Å². The van der Waals surface area contributed by atoms with Crippen molar-refractivity contribution in [3.63, 3.8) is 0 Å². The fourth-order valence-electron chi connectivity index (χ4n) is 3.88. The number of unbranched alkanes of at least 4 members (excludes halogenated alkanes) is 7. The standard InChI is InChI=1S/C15H25.C5H5.C3H6.Zr/c1-2-3-4-5-6-7-8-9-12-15-13-10-11-14-15;1-2-4-5-3-1;1-3-2;/h13-14H,2-10,12H2,1H3;1-3H,4H2;1-2H3;. The summed E-state index contributed by atoms with van der Waals surface area (Å²) in [6.45, 7) is 7.06. The molecule has 0 aromatic heterocycles. The van der Waals surface area contributed by atoms with E-state index in [0.717, 1.165) is 0 Å². The molecule has 24 heavy (non-hydrogen) atoms. The fourth-order valence-corrected chi connectivity index (χ4v) is 11.0. The Balaban J connectivity index is 1.71. The Hall–Kier alpha value is -0.287. The second-order valence-corrected chi connectivity index (χ2v) is 15.0. The molecule has 0 aromatic rings. The molecule has 0 heterocycles. The summed E-state index contributed by atoms with van der Waals surface area (Å²) < 4.78 is 5.34. The number of hydrogen-bond donors (Lipinski definition) is 0. The Bertz CT molecular complexity index is 551. The molecule has 0 saturated carbocycles. The van der Waals surface area contributed by atoms with E-state index in [9.17, 15) is 0 Å². The van der Waals surface area contributed by atoms with Crippen molar-refractivity contribution in [1.29, 1.82) is 0 Å². The van der Waals surface area contributed by atoms with Crippen molar-refractivity contribution in [3.05, 3.63) is 42.5 Å². The molecule has 0 aromatic carbocycles. The molecule has 1 heteroatoms. The van der Waals surface area contributed by atoms with Crippen molar-refractivity contribution < 1.29 is 21.3 Å². The van der Waals surface area contributed by atoms with Gasteiger partial charge < -0.3 is 0 Å². The van der Waals surface area contributed by atoms with Crippen LogP contribution in [0.2, 0.25) is 0 Å². The quantitative estimate of drug-likeness (QED) is 0.315. The fraction of sp³-hybridized carbons (Fsp3) is 0.609. The number of allylic oxidation sites excluding steroid dienone is 8. The summed E-state index contributed by atoms with van der Waals surface area (Å²) in [4.78, 5) is 0. The zero-order valence-corrected chi connectivity index (χ0v) is 18.6. The molecule has 0 N–H and O–H groups in total. The topological polar surface area (TPSA) is 0 Å². The van der Waals surface area contributed by atoms with E-state index in [1.165, 1.54) is 70.6 Å². The summed E-state index contributed by atoms with van der Waals surface area (Å²) in [5.41, 5.74) is 1.64. The molecule has 0 nitrogen and oxygen atoms in total. The zero-order chi connectivity index (χ0) is 17.2. The summed E-state index contributed by atoms with van der Waals surface area (Å²) in [6.07, 6.45) is 27.3. The van der Waals surface area contributed by atoms with E-state index in [0.29, 0.717) is 0 Å². The van der Waals surface area contributed by atoms with Gasteiger partial charge in [-0.1, -0.05) is 6.92 Å². The minimum atomic E-state index is -1.64. The Morgan fingerprint density at radius 3 is 2.25 bits per heavy atom. The van der Waals surface area contributed by atoms with Gasteiger partial charge in [0.2, 0.25) is 0 Å². The van der Waals surface area contributed by atoms with Crippen LogP contribution in [0, 0.1) is 0 Å². The normalized spacial score (nSPS) is 16.2. The number of rotatable bonds is 11. The Morgan fingerprint density at radius 1 is 0.917 bits per heavy atom. The maximum atomic E-state index is 2.60. The zero-order valence-electron chi connectivity index (χ0n) is 16.2. The van der Waals surface area contributed by atoms with E-state index in [1.54, 1.807) is 12.1 Å². The van der Waals surface area contributed by atoms with Crippen LogP contribution in [0.25, 0.3) is 0 Å². The first kappa shape index (κ1) is 20.0. The van der Waals surface area contributed by atoms with Crippen LogP contribution in [0.4, 0.5) is 0 Å². The molecule has 0 spiro atoms. The molecule has 2 aliphatic carbocycles. The van der Waals surface area contributed by atoms with E-state index in [4.69, 9.17) is 0 Å². The van der Waals surface area contributed by atoms with Gasteiger partial charge in [-0.2, -0.15) is 0 Å². The van der Waals surface area contributed by atoms with Crippen molar-refractivity contribution in [1.82, 2.24) is 0 Å². The average Bonchev–Trinajstić information content (AvgIpc) is 3.23. The first-order valence-electron chi connectivity index (χ1n) is 10.2. The second kappa shape index (κ2) is 11.4. The Labute approximate surface area is 158 Å². The van der Waals surface area contributed by atoms with E-state index in [-0.39, 0.29) is 0 Å². The molecule has 2 aliphatic rings. The molecule has 132 valence electrons. The third-order valence-corrected chi connectivity index (χ3v) is 12.6. The first-order valence-corrected chi connectivity index (χ1v) is 13.8. The molecule has 0 bridgehead atoms. The van der Waals surface area contributed by atoms with Gasteiger partial charge in [-0.25, -0.2) is 0 Å². The summed E-state index contributed by atoms with van der Waals surface area (Å²) >= 11 is -1.64.